The predicted octanol–water partition coefficient (Wildman–Crippen LogP) is 2.54. The molecule has 1 atom stereocenters. The molecule has 1 unspecified atom stereocenters. The van der Waals surface area contributed by atoms with E-state index in [1.165, 1.54) is 5.01 Å². The minimum Gasteiger partial charge on any atom is -0.368 e. The molecule has 0 spiro atoms. The average molecular weight is 455 g/mol. The lowest BCUT2D eigenvalue weighted by molar-refractivity contribution is -0.119. The van der Waals surface area contributed by atoms with Gasteiger partial charge in [-0.1, -0.05) is 36.7 Å². The lowest BCUT2D eigenvalue weighted by Gasteiger charge is -2.36. The van der Waals surface area contributed by atoms with Crippen LogP contribution in [0.25, 0.3) is 0 Å². The normalized spacial score (nSPS) is 19.1. The molecule has 8 nitrogen and oxygen atoms in total. The Morgan fingerprint density at radius 1 is 1.12 bits per heavy atom. The Bertz CT molecular complexity index is 1020. The number of primary amides is 1. The van der Waals surface area contributed by atoms with E-state index in [1.807, 2.05) is 42.5 Å². The maximum atomic E-state index is 13.1. The molecule has 2 aromatic carbocycles. The summed E-state index contributed by atoms with van der Waals surface area (Å²) < 4.78 is 0. The third-order valence-corrected chi connectivity index (χ3v) is 6.12. The number of likely N-dealkylation sites (N-methyl/N-ethyl adjacent to an activating group) is 1. The van der Waals surface area contributed by atoms with Gasteiger partial charge in [-0.15, -0.1) is 0 Å². The van der Waals surface area contributed by atoms with Crippen LogP contribution in [0.15, 0.2) is 53.6 Å². The van der Waals surface area contributed by atoms with Crippen molar-refractivity contribution in [2.75, 3.05) is 47.9 Å². The van der Waals surface area contributed by atoms with Crippen LogP contribution in [0.4, 0.5) is 17.1 Å². The molecule has 2 aliphatic heterocycles. The first-order chi connectivity index (χ1) is 15.5. The number of nitrogens with two attached hydrogens (primary N) is 1. The van der Waals surface area contributed by atoms with Crippen molar-refractivity contribution >= 4 is 46.2 Å². The summed E-state index contributed by atoms with van der Waals surface area (Å²) in [5, 5.41) is 9.43. The van der Waals surface area contributed by atoms with Crippen LogP contribution in [0.2, 0.25) is 5.02 Å². The number of nitrogens with zero attached hydrogens (tertiary/aromatic N) is 4. The lowest BCUT2D eigenvalue weighted by atomic mass is 10.1. The number of carbonyl (C=O) groups is 2. The molecule has 0 bridgehead atoms. The molecular weight excluding hydrogens is 428 g/mol. The van der Waals surface area contributed by atoms with Gasteiger partial charge in [-0.05, 0) is 36.9 Å². The molecule has 168 valence electrons. The van der Waals surface area contributed by atoms with Crippen LogP contribution in [0.5, 0.6) is 0 Å². The Hall–Kier alpha value is -3.10. The minimum atomic E-state index is -0.709. The Morgan fingerprint density at radius 2 is 1.84 bits per heavy atom. The van der Waals surface area contributed by atoms with Crippen molar-refractivity contribution < 1.29 is 9.59 Å². The van der Waals surface area contributed by atoms with Crippen molar-refractivity contribution in [2.24, 2.45) is 10.8 Å². The second-order valence-corrected chi connectivity index (χ2v) is 8.32. The number of hydrogen-bond donors (Lipinski definition) is 2. The van der Waals surface area contributed by atoms with E-state index in [2.05, 4.69) is 27.1 Å². The fourth-order valence-corrected chi connectivity index (χ4v) is 4.24. The highest BCUT2D eigenvalue weighted by Gasteiger charge is 2.35. The smallest absolute Gasteiger partial charge is 0.272 e. The van der Waals surface area contributed by atoms with Crippen LogP contribution >= 0.6 is 11.6 Å². The van der Waals surface area contributed by atoms with E-state index in [1.54, 1.807) is 6.07 Å². The Morgan fingerprint density at radius 3 is 2.50 bits per heavy atom. The van der Waals surface area contributed by atoms with Gasteiger partial charge < -0.3 is 20.9 Å². The number of benzene rings is 2. The van der Waals surface area contributed by atoms with Crippen LogP contribution in [-0.4, -0.2) is 61.2 Å². The van der Waals surface area contributed by atoms with Gasteiger partial charge in [-0.25, -0.2) is 0 Å². The van der Waals surface area contributed by atoms with Gasteiger partial charge in [0, 0.05) is 37.6 Å². The van der Waals surface area contributed by atoms with Gasteiger partial charge >= 0.3 is 0 Å². The maximum Gasteiger partial charge on any atom is 0.272 e. The molecule has 0 saturated carbocycles. The topological polar surface area (TPSA) is 94.3 Å². The van der Waals surface area contributed by atoms with Crippen molar-refractivity contribution in [1.29, 1.82) is 0 Å². The van der Waals surface area contributed by atoms with E-state index in [0.717, 1.165) is 38.4 Å². The van der Waals surface area contributed by atoms with Gasteiger partial charge in [0.1, 0.15) is 11.8 Å². The third kappa shape index (κ3) is 4.71. The molecule has 4 rings (SSSR count). The largest absolute Gasteiger partial charge is 0.368 e. The van der Waals surface area contributed by atoms with Gasteiger partial charge in [0.15, 0.2) is 0 Å². The fraction of sp³-hybridized carbons (Fsp3) is 0.348. The van der Waals surface area contributed by atoms with E-state index >= 15 is 0 Å². The number of piperazine rings is 1. The second-order valence-electron chi connectivity index (χ2n) is 7.89. The summed E-state index contributed by atoms with van der Waals surface area (Å²) in [5.74, 6) is -0.900. The monoisotopic (exact) mass is 454 g/mol. The highest BCUT2D eigenvalue weighted by molar-refractivity contribution is 6.44. The number of anilines is 3. The summed E-state index contributed by atoms with van der Waals surface area (Å²) in [4.78, 5) is 29.8. The molecule has 9 heteroatoms. The van der Waals surface area contributed by atoms with E-state index in [9.17, 15) is 9.59 Å². The second kappa shape index (κ2) is 9.58. The zero-order chi connectivity index (χ0) is 22.7. The van der Waals surface area contributed by atoms with Crippen LogP contribution in [-0.2, 0) is 9.59 Å². The average Bonchev–Trinajstić information content (AvgIpc) is 3.26. The van der Waals surface area contributed by atoms with E-state index < -0.39 is 11.9 Å². The Labute approximate surface area is 192 Å². The number of hydrazone groups is 1. The molecule has 2 heterocycles. The number of rotatable bonds is 6. The third-order valence-electron chi connectivity index (χ3n) is 5.89. The fourth-order valence-electron chi connectivity index (χ4n) is 4.07. The molecule has 0 radical (unpaired) electrons. The number of amides is 2. The Kier molecular flexibility index (Phi) is 6.62. The van der Waals surface area contributed by atoms with Crippen molar-refractivity contribution in [3.05, 3.63) is 53.6 Å². The number of para-hydroxylation sites is 1. The summed E-state index contributed by atoms with van der Waals surface area (Å²) in [6, 6.07) is 14.0. The summed E-state index contributed by atoms with van der Waals surface area (Å²) in [7, 11) is 0. The standard InChI is InChI=1S/C23H27ClN6O2/c1-2-28-10-12-29(13-11-28)20-9-8-16(24)14-18(20)26-23(32)19-15-21(22(25)31)30(27-19)17-6-4-3-5-7-17/h3-9,14,21H,2,10-13,15H2,1H3,(H2,25,31)(H,26,32). The molecular formula is C23H27ClN6O2. The lowest BCUT2D eigenvalue weighted by Crippen LogP contribution is -2.46. The summed E-state index contributed by atoms with van der Waals surface area (Å²) in [6.07, 6.45) is 0.140. The predicted molar refractivity (Wildman–Crippen MR) is 128 cm³/mol. The van der Waals surface area contributed by atoms with Crippen LogP contribution in [0.3, 0.4) is 0 Å². The van der Waals surface area contributed by atoms with Crippen LogP contribution in [0, 0.1) is 0 Å². The molecule has 3 N–H and O–H groups in total. The highest BCUT2D eigenvalue weighted by atomic mass is 35.5. The summed E-state index contributed by atoms with van der Waals surface area (Å²) >= 11 is 6.23. The maximum absolute atomic E-state index is 13.1. The van der Waals surface area contributed by atoms with Crippen LogP contribution in [0.1, 0.15) is 13.3 Å². The molecule has 1 saturated heterocycles. The van der Waals surface area contributed by atoms with E-state index in [-0.39, 0.29) is 18.0 Å². The molecule has 2 amide bonds. The molecule has 1 fully saturated rings. The molecule has 0 aliphatic carbocycles. The zero-order valence-electron chi connectivity index (χ0n) is 18.0. The van der Waals surface area contributed by atoms with E-state index in [0.29, 0.717) is 16.4 Å². The van der Waals surface area contributed by atoms with E-state index in [4.69, 9.17) is 17.3 Å². The van der Waals surface area contributed by atoms with Crippen LogP contribution < -0.4 is 21.0 Å². The van der Waals surface area contributed by atoms with Gasteiger partial charge in [-0.3, -0.25) is 14.6 Å². The van der Waals surface area contributed by atoms with Crippen molar-refractivity contribution in [3.8, 4) is 0 Å². The number of nitrogens with one attached hydrogen (secondary N) is 1. The highest BCUT2D eigenvalue weighted by Crippen LogP contribution is 2.31. The number of carbonyl (C=O) groups excluding carboxylic acids is 2. The first-order valence-electron chi connectivity index (χ1n) is 10.8. The minimum absolute atomic E-state index is 0.140. The summed E-state index contributed by atoms with van der Waals surface area (Å²) in [6.45, 7) is 6.84. The van der Waals surface area contributed by atoms with Gasteiger partial charge in [0.25, 0.3) is 5.91 Å². The number of halogens is 1. The first kappa shape index (κ1) is 22.1. The van der Waals surface area contributed by atoms with Crippen molar-refractivity contribution in [3.63, 3.8) is 0 Å². The molecule has 2 aromatic rings. The van der Waals surface area contributed by atoms with Crippen molar-refractivity contribution in [2.45, 2.75) is 19.4 Å². The molecule has 2 aliphatic rings. The van der Waals surface area contributed by atoms with Crippen molar-refractivity contribution in [1.82, 2.24) is 4.90 Å². The molecule has 0 aromatic heterocycles. The quantitative estimate of drug-likeness (QED) is 0.699. The molecule has 32 heavy (non-hydrogen) atoms. The first-order valence-corrected chi connectivity index (χ1v) is 11.1. The Balaban J connectivity index is 1.55. The summed E-state index contributed by atoms with van der Waals surface area (Å²) in [5.41, 5.74) is 8.09. The van der Waals surface area contributed by atoms with Gasteiger partial charge in [0.2, 0.25) is 5.91 Å². The number of hydrogen-bond acceptors (Lipinski definition) is 6. The van der Waals surface area contributed by atoms with Gasteiger partial charge in [0.05, 0.1) is 17.1 Å². The zero-order valence-corrected chi connectivity index (χ0v) is 18.8. The van der Waals surface area contributed by atoms with Gasteiger partial charge in [-0.2, -0.15) is 5.10 Å². The SMILES string of the molecule is CCN1CCN(c2ccc(Cl)cc2NC(=O)C2=NN(c3ccccc3)C(C(N)=O)C2)CC1.